The van der Waals surface area contributed by atoms with Crippen molar-refractivity contribution >= 4 is 11.9 Å². The van der Waals surface area contributed by atoms with Crippen LogP contribution < -0.4 is 0 Å². The molecule has 0 aromatic heterocycles. The Kier molecular flexibility index (Phi) is 5.63. The zero-order valence-electron chi connectivity index (χ0n) is 11.7. The van der Waals surface area contributed by atoms with Crippen molar-refractivity contribution in [2.75, 3.05) is 6.54 Å². The molecule has 0 aliphatic heterocycles. The van der Waals surface area contributed by atoms with E-state index in [0.717, 1.165) is 25.7 Å². The second kappa shape index (κ2) is 6.76. The molecule has 0 heterocycles. The van der Waals surface area contributed by atoms with Crippen molar-refractivity contribution in [3.63, 3.8) is 0 Å². The summed E-state index contributed by atoms with van der Waals surface area (Å²) in [4.78, 5) is 25.6. The maximum Gasteiger partial charge on any atom is 0.307 e. The van der Waals surface area contributed by atoms with Crippen LogP contribution in [0.15, 0.2) is 0 Å². The minimum atomic E-state index is -0.812. The van der Waals surface area contributed by atoms with E-state index in [2.05, 4.69) is 6.92 Å². The van der Waals surface area contributed by atoms with Gasteiger partial charge in [-0.1, -0.05) is 19.8 Å². The lowest BCUT2D eigenvalue weighted by molar-refractivity contribution is -0.153. The van der Waals surface area contributed by atoms with E-state index in [1.807, 2.05) is 18.7 Å². The third-order valence-corrected chi connectivity index (χ3v) is 4.15. The Morgan fingerprint density at radius 1 is 1.22 bits per heavy atom. The summed E-state index contributed by atoms with van der Waals surface area (Å²) in [7, 11) is 0. The van der Waals surface area contributed by atoms with E-state index in [4.69, 9.17) is 0 Å². The molecule has 1 amide bonds. The molecular weight excluding hydrogens is 230 g/mol. The first kappa shape index (κ1) is 15.0. The van der Waals surface area contributed by atoms with Gasteiger partial charge in [0.05, 0.1) is 11.8 Å². The molecule has 0 bridgehead atoms. The molecule has 0 aromatic rings. The molecule has 4 heteroatoms. The van der Waals surface area contributed by atoms with Crippen LogP contribution in [0.2, 0.25) is 0 Å². The topological polar surface area (TPSA) is 57.6 Å². The zero-order valence-corrected chi connectivity index (χ0v) is 11.7. The third kappa shape index (κ3) is 3.24. The van der Waals surface area contributed by atoms with Crippen molar-refractivity contribution in [2.45, 2.75) is 58.9 Å². The van der Waals surface area contributed by atoms with Crippen molar-refractivity contribution in [1.29, 1.82) is 0 Å². The van der Waals surface area contributed by atoms with Crippen LogP contribution in [0.5, 0.6) is 0 Å². The van der Waals surface area contributed by atoms with Crippen molar-refractivity contribution in [1.82, 2.24) is 4.90 Å². The van der Waals surface area contributed by atoms with Crippen molar-refractivity contribution in [3.05, 3.63) is 0 Å². The molecule has 3 unspecified atom stereocenters. The smallest absolute Gasteiger partial charge is 0.307 e. The molecule has 0 radical (unpaired) electrons. The van der Waals surface area contributed by atoms with E-state index in [0.29, 0.717) is 13.0 Å². The molecule has 1 N–H and O–H groups in total. The molecule has 1 aliphatic carbocycles. The molecule has 0 saturated heterocycles. The predicted octanol–water partition coefficient (Wildman–Crippen LogP) is 2.52. The summed E-state index contributed by atoms with van der Waals surface area (Å²) < 4.78 is 0. The first-order chi connectivity index (χ1) is 8.52. The summed E-state index contributed by atoms with van der Waals surface area (Å²) in [5.74, 6) is -1.57. The number of aliphatic carboxylic acids is 1. The van der Waals surface area contributed by atoms with Gasteiger partial charge in [0, 0.05) is 12.6 Å². The lowest BCUT2D eigenvalue weighted by Gasteiger charge is -2.35. The molecule has 104 valence electrons. The van der Waals surface area contributed by atoms with E-state index in [1.165, 1.54) is 0 Å². The second-order valence-electron chi connectivity index (χ2n) is 5.22. The highest BCUT2D eigenvalue weighted by molar-refractivity contribution is 5.85. The fourth-order valence-electron chi connectivity index (χ4n) is 2.84. The van der Waals surface area contributed by atoms with Crippen LogP contribution in [0.25, 0.3) is 0 Å². The molecular formula is C14H25NO3. The van der Waals surface area contributed by atoms with Crippen LogP contribution in [0.4, 0.5) is 0 Å². The Hall–Kier alpha value is -1.06. The summed E-state index contributed by atoms with van der Waals surface area (Å²) in [5.41, 5.74) is 0. The van der Waals surface area contributed by atoms with Crippen molar-refractivity contribution in [2.24, 2.45) is 11.8 Å². The minimum absolute atomic E-state index is 0.0407. The number of amides is 1. The fraction of sp³-hybridized carbons (Fsp3) is 0.857. The number of carbonyl (C=O) groups excluding carboxylic acids is 1. The van der Waals surface area contributed by atoms with Gasteiger partial charge >= 0.3 is 5.97 Å². The average Bonchev–Trinajstić information content (AvgIpc) is 2.39. The minimum Gasteiger partial charge on any atom is -0.481 e. The predicted molar refractivity (Wildman–Crippen MR) is 70.2 cm³/mol. The lowest BCUT2D eigenvalue weighted by Crippen LogP contribution is -2.46. The fourth-order valence-corrected chi connectivity index (χ4v) is 2.84. The molecule has 4 nitrogen and oxygen atoms in total. The molecule has 1 aliphatic rings. The van der Waals surface area contributed by atoms with Gasteiger partial charge in [0.25, 0.3) is 0 Å². The van der Waals surface area contributed by atoms with E-state index in [9.17, 15) is 14.7 Å². The highest BCUT2D eigenvalue weighted by Crippen LogP contribution is 2.32. The number of rotatable bonds is 5. The van der Waals surface area contributed by atoms with Gasteiger partial charge in [-0.25, -0.2) is 0 Å². The van der Waals surface area contributed by atoms with Gasteiger partial charge in [0.2, 0.25) is 5.91 Å². The first-order valence-electron chi connectivity index (χ1n) is 7.06. The van der Waals surface area contributed by atoms with Crippen LogP contribution in [0.3, 0.4) is 0 Å². The van der Waals surface area contributed by atoms with Gasteiger partial charge in [0.15, 0.2) is 0 Å². The van der Waals surface area contributed by atoms with Gasteiger partial charge < -0.3 is 10.0 Å². The van der Waals surface area contributed by atoms with E-state index in [1.54, 1.807) is 0 Å². The summed E-state index contributed by atoms with van der Waals surface area (Å²) >= 11 is 0. The first-order valence-corrected chi connectivity index (χ1v) is 7.06. The molecule has 1 fully saturated rings. The number of hydrogen-bond donors (Lipinski definition) is 1. The van der Waals surface area contributed by atoms with E-state index >= 15 is 0 Å². The average molecular weight is 255 g/mol. The molecule has 3 atom stereocenters. The molecule has 0 aromatic carbocycles. The zero-order chi connectivity index (χ0) is 13.7. The van der Waals surface area contributed by atoms with Gasteiger partial charge in [0.1, 0.15) is 0 Å². The second-order valence-corrected chi connectivity index (χ2v) is 5.22. The van der Waals surface area contributed by atoms with Crippen LogP contribution in [-0.2, 0) is 9.59 Å². The summed E-state index contributed by atoms with van der Waals surface area (Å²) in [6.07, 6.45) is 4.17. The quantitative estimate of drug-likeness (QED) is 0.821. The largest absolute Gasteiger partial charge is 0.481 e. The molecule has 1 saturated carbocycles. The Morgan fingerprint density at radius 2 is 1.78 bits per heavy atom. The summed E-state index contributed by atoms with van der Waals surface area (Å²) in [5, 5.41) is 9.24. The van der Waals surface area contributed by atoms with Crippen LogP contribution in [0, 0.1) is 11.8 Å². The number of carbonyl (C=O) groups is 2. The van der Waals surface area contributed by atoms with Crippen LogP contribution in [-0.4, -0.2) is 34.5 Å². The van der Waals surface area contributed by atoms with Crippen LogP contribution >= 0.6 is 0 Å². The Morgan fingerprint density at radius 3 is 2.22 bits per heavy atom. The molecule has 1 rings (SSSR count). The van der Waals surface area contributed by atoms with E-state index < -0.39 is 11.9 Å². The maximum atomic E-state index is 12.5. The highest BCUT2D eigenvalue weighted by Gasteiger charge is 2.38. The number of hydrogen-bond acceptors (Lipinski definition) is 2. The van der Waals surface area contributed by atoms with Gasteiger partial charge in [-0.2, -0.15) is 0 Å². The van der Waals surface area contributed by atoms with E-state index in [-0.39, 0.29) is 17.9 Å². The Labute approximate surface area is 109 Å². The maximum absolute atomic E-state index is 12.5. The normalized spacial score (nSPS) is 25.5. The third-order valence-electron chi connectivity index (χ3n) is 4.15. The standard InChI is InChI=1S/C14H25NO3/c1-4-10(3)15(5-2)13(16)11-8-6-7-9-12(11)14(17)18/h10-12H,4-9H2,1-3H3,(H,17,18). The van der Waals surface area contributed by atoms with Gasteiger partial charge in [-0.05, 0) is 33.1 Å². The van der Waals surface area contributed by atoms with Gasteiger partial charge in [-0.3, -0.25) is 9.59 Å². The molecule has 0 spiro atoms. The number of carboxylic acid groups (broad SMARTS) is 1. The van der Waals surface area contributed by atoms with Crippen molar-refractivity contribution in [3.8, 4) is 0 Å². The van der Waals surface area contributed by atoms with Gasteiger partial charge in [-0.15, -0.1) is 0 Å². The number of nitrogens with zero attached hydrogens (tertiary/aromatic N) is 1. The Bertz CT molecular complexity index is 303. The molecule has 18 heavy (non-hydrogen) atoms. The lowest BCUT2D eigenvalue weighted by atomic mass is 9.78. The number of carboxylic acids is 1. The van der Waals surface area contributed by atoms with Crippen molar-refractivity contribution < 1.29 is 14.7 Å². The SMILES string of the molecule is CCC(C)N(CC)C(=O)C1CCCCC1C(=O)O. The Balaban J connectivity index is 2.81. The monoisotopic (exact) mass is 255 g/mol. The van der Waals surface area contributed by atoms with Crippen LogP contribution in [0.1, 0.15) is 52.9 Å². The summed E-state index contributed by atoms with van der Waals surface area (Å²) in [6, 6.07) is 0.193. The summed E-state index contributed by atoms with van der Waals surface area (Å²) in [6.45, 7) is 6.70. The highest BCUT2D eigenvalue weighted by atomic mass is 16.4.